The van der Waals surface area contributed by atoms with E-state index in [0.717, 1.165) is 12.5 Å². The molecule has 1 aromatic heterocycles. The van der Waals surface area contributed by atoms with E-state index in [9.17, 15) is 0 Å². The third kappa shape index (κ3) is 2.86. The summed E-state index contributed by atoms with van der Waals surface area (Å²) in [6.45, 7) is 5.55. The standard InChI is InChI=1S/C12H19BrN2S/c1-9(11-2-3-12(13)16-11)15-6-4-10(8-14)5-7-15/h2-3,9-10H,4-8,14H2,1H3. The van der Waals surface area contributed by atoms with Crippen LogP contribution in [0.3, 0.4) is 0 Å². The van der Waals surface area contributed by atoms with Gasteiger partial charge in [0.05, 0.1) is 3.79 Å². The second-order valence-corrected chi connectivity index (χ2v) is 7.03. The zero-order chi connectivity index (χ0) is 11.5. The lowest BCUT2D eigenvalue weighted by atomic mass is 9.96. The molecule has 1 saturated heterocycles. The van der Waals surface area contributed by atoms with E-state index in [1.165, 1.54) is 34.6 Å². The number of hydrogen-bond acceptors (Lipinski definition) is 3. The molecule has 0 amide bonds. The first-order chi connectivity index (χ1) is 7.70. The first-order valence-corrected chi connectivity index (χ1v) is 7.51. The van der Waals surface area contributed by atoms with Gasteiger partial charge in [-0.2, -0.15) is 0 Å². The predicted molar refractivity (Wildman–Crippen MR) is 73.8 cm³/mol. The van der Waals surface area contributed by atoms with Gasteiger partial charge in [-0.25, -0.2) is 0 Å². The van der Waals surface area contributed by atoms with E-state index in [1.807, 2.05) is 11.3 Å². The van der Waals surface area contributed by atoms with Crippen LogP contribution >= 0.6 is 27.3 Å². The van der Waals surface area contributed by atoms with E-state index in [4.69, 9.17) is 5.73 Å². The van der Waals surface area contributed by atoms with Crippen LogP contribution in [-0.2, 0) is 0 Å². The zero-order valence-corrected chi connectivity index (χ0v) is 12.1. The zero-order valence-electron chi connectivity index (χ0n) is 9.66. The molecule has 1 atom stereocenters. The number of rotatable bonds is 3. The van der Waals surface area contributed by atoms with E-state index in [1.54, 1.807) is 0 Å². The number of piperidine rings is 1. The van der Waals surface area contributed by atoms with Crippen LogP contribution in [0.15, 0.2) is 15.9 Å². The maximum Gasteiger partial charge on any atom is 0.0701 e. The van der Waals surface area contributed by atoms with Crippen molar-refractivity contribution in [2.45, 2.75) is 25.8 Å². The van der Waals surface area contributed by atoms with Gasteiger partial charge in [-0.1, -0.05) is 0 Å². The molecule has 1 aromatic rings. The van der Waals surface area contributed by atoms with Gasteiger partial charge >= 0.3 is 0 Å². The summed E-state index contributed by atoms with van der Waals surface area (Å²) in [5.74, 6) is 0.749. The average molecular weight is 303 g/mol. The molecule has 0 spiro atoms. The molecule has 2 N–H and O–H groups in total. The van der Waals surface area contributed by atoms with Gasteiger partial charge in [0.1, 0.15) is 0 Å². The van der Waals surface area contributed by atoms with Crippen molar-refractivity contribution >= 4 is 27.3 Å². The third-order valence-corrected chi connectivity index (χ3v) is 5.33. The summed E-state index contributed by atoms with van der Waals surface area (Å²) in [5.41, 5.74) is 5.72. The van der Waals surface area contributed by atoms with Crippen molar-refractivity contribution in [3.8, 4) is 0 Å². The summed E-state index contributed by atoms with van der Waals surface area (Å²) in [7, 11) is 0. The third-order valence-electron chi connectivity index (χ3n) is 3.54. The van der Waals surface area contributed by atoms with Crippen molar-refractivity contribution in [2.24, 2.45) is 11.7 Å². The minimum absolute atomic E-state index is 0.551. The van der Waals surface area contributed by atoms with Gasteiger partial charge in [-0.05, 0) is 73.4 Å². The van der Waals surface area contributed by atoms with Crippen molar-refractivity contribution in [1.82, 2.24) is 4.90 Å². The Hall–Kier alpha value is 0.1000. The number of nitrogens with two attached hydrogens (primary N) is 1. The number of thiophene rings is 1. The van der Waals surface area contributed by atoms with Crippen molar-refractivity contribution in [3.63, 3.8) is 0 Å². The Morgan fingerprint density at radius 3 is 2.69 bits per heavy atom. The molecule has 0 saturated carbocycles. The van der Waals surface area contributed by atoms with Gasteiger partial charge in [-0.15, -0.1) is 11.3 Å². The van der Waals surface area contributed by atoms with Gasteiger partial charge in [0.15, 0.2) is 0 Å². The molecular formula is C12H19BrN2S. The van der Waals surface area contributed by atoms with Gasteiger partial charge in [-0.3, -0.25) is 4.90 Å². The molecule has 1 fully saturated rings. The first kappa shape index (κ1) is 12.6. The normalized spacial score (nSPS) is 21.2. The van der Waals surface area contributed by atoms with Crippen LogP contribution in [0.25, 0.3) is 0 Å². The Balaban J connectivity index is 1.93. The van der Waals surface area contributed by atoms with Gasteiger partial charge in [0.25, 0.3) is 0 Å². The lowest BCUT2D eigenvalue weighted by Crippen LogP contribution is -2.37. The highest BCUT2D eigenvalue weighted by molar-refractivity contribution is 9.11. The fraction of sp³-hybridized carbons (Fsp3) is 0.667. The van der Waals surface area contributed by atoms with Gasteiger partial charge < -0.3 is 5.73 Å². The number of hydrogen-bond donors (Lipinski definition) is 1. The summed E-state index contributed by atoms with van der Waals surface area (Å²) < 4.78 is 1.23. The summed E-state index contributed by atoms with van der Waals surface area (Å²) in [5, 5.41) is 0. The molecule has 2 nitrogen and oxygen atoms in total. The topological polar surface area (TPSA) is 29.3 Å². The van der Waals surface area contributed by atoms with Crippen molar-refractivity contribution in [3.05, 3.63) is 20.8 Å². The maximum atomic E-state index is 5.72. The minimum atomic E-state index is 0.551. The minimum Gasteiger partial charge on any atom is -0.330 e. The summed E-state index contributed by atoms with van der Waals surface area (Å²) in [4.78, 5) is 4.03. The maximum absolute atomic E-state index is 5.72. The van der Waals surface area contributed by atoms with E-state index in [0.29, 0.717) is 6.04 Å². The fourth-order valence-corrected chi connectivity index (χ4v) is 3.82. The van der Waals surface area contributed by atoms with E-state index < -0.39 is 0 Å². The Labute approximate surface area is 110 Å². The predicted octanol–water partition coefficient (Wildman–Crippen LogP) is 3.24. The molecule has 2 heterocycles. The Morgan fingerprint density at radius 1 is 1.50 bits per heavy atom. The smallest absolute Gasteiger partial charge is 0.0701 e. The van der Waals surface area contributed by atoms with Crippen LogP contribution < -0.4 is 5.73 Å². The molecule has 0 bridgehead atoms. The average Bonchev–Trinajstić information content (AvgIpc) is 2.75. The Bertz CT molecular complexity index is 332. The molecule has 90 valence electrons. The largest absolute Gasteiger partial charge is 0.330 e. The highest BCUT2D eigenvalue weighted by Gasteiger charge is 2.23. The monoisotopic (exact) mass is 302 g/mol. The number of nitrogens with zero attached hydrogens (tertiary/aromatic N) is 1. The summed E-state index contributed by atoms with van der Waals surface area (Å²) >= 11 is 5.38. The number of likely N-dealkylation sites (tertiary alicyclic amines) is 1. The fourth-order valence-electron chi connectivity index (χ4n) is 2.31. The van der Waals surface area contributed by atoms with Crippen LogP contribution in [-0.4, -0.2) is 24.5 Å². The molecule has 4 heteroatoms. The van der Waals surface area contributed by atoms with Crippen LogP contribution in [0.4, 0.5) is 0 Å². The highest BCUT2D eigenvalue weighted by Crippen LogP contribution is 2.32. The van der Waals surface area contributed by atoms with Crippen LogP contribution in [0.1, 0.15) is 30.7 Å². The molecule has 1 unspecified atom stereocenters. The second kappa shape index (κ2) is 5.63. The van der Waals surface area contributed by atoms with Gasteiger partial charge in [0, 0.05) is 10.9 Å². The van der Waals surface area contributed by atoms with Crippen LogP contribution in [0, 0.1) is 5.92 Å². The highest BCUT2D eigenvalue weighted by atomic mass is 79.9. The van der Waals surface area contributed by atoms with Crippen LogP contribution in [0.5, 0.6) is 0 Å². The molecule has 2 rings (SSSR count). The summed E-state index contributed by atoms with van der Waals surface area (Å²) in [6, 6.07) is 4.92. The molecule has 0 aliphatic carbocycles. The number of halogens is 1. The van der Waals surface area contributed by atoms with E-state index in [2.05, 4.69) is 39.9 Å². The van der Waals surface area contributed by atoms with Crippen LogP contribution in [0.2, 0.25) is 0 Å². The molecule has 0 radical (unpaired) electrons. The van der Waals surface area contributed by atoms with E-state index >= 15 is 0 Å². The Morgan fingerprint density at radius 2 is 2.19 bits per heavy atom. The molecule has 1 aliphatic heterocycles. The molecule has 1 aliphatic rings. The lowest BCUT2D eigenvalue weighted by molar-refractivity contribution is 0.145. The van der Waals surface area contributed by atoms with Crippen molar-refractivity contribution < 1.29 is 0 Å². The lowest BCUT2D eigenvalue weighted by Gasteiger charge is -2.35. The first-order valence-electron chi connectivity index (χ1n) is 5.90. The Kier molecular flexibility index (Phi) is 4.41. The second-order valence-electron chi connectivity index (χ2n) is 4.53. The molecule has 0 aromatic carbocycles. The van der Waals surface area contributed by atoms with E-state index in [-0.39, 0.29) is 0 Å². The van der Waals surface area contributed by atoms with Gasteiger partial charge in [0.2, 0.25) is 0 Å². The van der Waals surface area contributed by atoms with Crippen molar-refractivity contribution in [1.29, 1.82) is 0 Å². The SMILES string of the molecule is CC(c1ccc(Br)s1)N1CCC(CN)CC1. The van der Waals surface area contributed by atoms with Crippen molar-refractivity contribution in [2.75, 3.05) is 19.6 Å². The molecule has 16 heavy (non-hydrogen) atoms. The quantitative estimate of drug-likeness (QED) is 0.929. The molecular weight excluding hydrogens is 284 g/mol. The summed E-state index contributed by atoms with van der Waals surface area (Å²) in [6.07, 6.45) is 2.51.